The number of hydrogen-bond acceptors (Lipinski definition) is 3. The molecule has 1 fully saturated rings. The van der Waals surface area contributed by atoms with E-state index in [9.17, 15) is 4.79 Å². The lowest BCUT2D eigenvalue weighted by Crippen LogP contribution is -2.41. The van der Waals surface area contributed by atoms with Crippen molar-refractivity contribution >= 4 is 5.91 Å². The molecule has 4 rings (SSSR count). The van der Waals surface area contributed by atoms with Crippen LogP contribution in [0.15, 0.2) is 22.7 Å². The van der Waals surface area contributed by atoms with E-state index in [0.717, 1.165) is 74.3 Å². The molecule has 5 heteroatoms. The summed E-state index contributed by atoms with van der Waals surface area (Å²) in [7, 11) is 0. The second kappa shape index (κ2) is 6.46. The number of fused-ring (bicyclic) bond motifs is 1. The smallest absolute Gasteiger partial charge is 0.230 e. The van der Waals surface area contributed by atoms with Crippen LogP contribution in [0.1, 0.15) is 73.8 Å². The summed E-state index contributed by atoms with van der Waals surface area (Å²) in [5.41, 5.74) is 2.24. The topological polar surface area (TPSA) is 62.1 Å². The van der Waals surface area contributed by atoms with Gasteiger partial charge in [-0.2, -0.15) is 5.10 Å². The fourth-order valence-corrected chi connectivity index (χ4v) is 4.17. The van der Waals surface area contributed by atoms with Crippen molar-refractivity contribution in [3.05, 3.63) is 41.1 Å². The molecule has 24 heavy (non-hydrogen) atoms. The summed E-state index contributed by atoms with van der Waals surface area (Å²) in [6, 6.07) is 4.18. The van der Waals surface area contributed by atoms with Crippen LogP contribution in [-0.2, 0) is 17.6 Å². The molecule has 0 unspecified atom stereocenters. The van der Waals surface area contributed by atoms with E-state index >= 15 is 0 Å². The third-order valence-electron chi connectivity index (χ3n) is 5.49. The fraction of sp³-hybridized carbons (Fsp3) is 0.579. The highest BCUT2D eigenvalue weighted by Crippen LogP contribution is 2.38. The van der Waals surface area contributed by atoms with Gasteiger partial charge in [0.2, 0.25) is 5.91 Å². The van der Waals surface area contributed by atoms with Gasteiger partial charge in [-0.1, -0.05) is 6.92 Å². The minimum absolute atomic E-state index is 0.0475. The van der Waals surface area contributed by atoms with E-state index in [0.29, 0.717) is 0 Å². The van der Waals surface area contributed by atoms with Gasteiger partial charge in [0.15, 0.2) is 0 Å². The van der Waals surface area contributed by atoms with Crippen molar-refractivity contribution in [1.82, 2.24) is 15.1 Å². The van der Waals surface area contributed by atoms with Crippen molar-refractivity contribution < 1.29 is 9.21 Å². The number of H-pyrrole nitrogens is 1. The number of nitrogens with one attached hydrogen (secondary N) is 1. The molecular weight excluding hydrogens is 302 g/mol. The number of likely N-dealkylation sites (tertiary alicyclic amines) is 1. The summed E-state index contributed by atoms with van der Waals surface area (Å²) in [5, 5.41) is 7.22. The Hall–Kier alpha value is -2.04. The Kier molecular flexibility index (Phi) is 4.17. The van der Waals surface area contributed by atoms with Crippen molar-refractivity contribution in [3.63, 3.8) is 0 Å². The van der Waals surface area contributed by atoms with Crippen molar-refractivity contribution in [1.29, 1.82) is 0 Å². The molecule has 0 saturated carbocycles. The highest BCUT2D eigenvalue weighted by Gasteiger charge is 2.36. The summed E-state index contributed by atoms with van der Waals surface area (Å²) in [6.07, 6.45) is 8.93. The van der Waals surface area contributed by atoms with Gasteiger partial charge in [-0.05, 0) is 50.7 Å². The number of rotatable bonds is 3. The Morgan fingerprint density at radius 1 is 1.33 bits per heavy atom. The highest BCUT2D eigenvalue weighted by atomic mass is 16.3. The number of aryl methyl sites for hydroxylation is 2. The standard InChI is InChI=1S/C19H25N3O2/c1-2-13-9-10-18(24-13)17-8-3-4-11-22(17)19(23)14-6-5-7-16-15(14)12-20-21-16/h9-10,12,14,17H,2-8,11H2,1H3,(H,20,21)/t14-,17-/m1/s1. The Bertz CT molecular complexity index is 718. The molecule has 2 aromatic heterocycles. The SMILES string of the molecule is CCc1ccc([C@H]2CCCCN2C(=O)[C@@H]2CCCc3[nH]ncc32)o1. The van der Waals surface area contributed by atoms with E-state index in [1.807, 2.05) is 12.3 Å². The van der Waals surface area contributed by atoms with Crippen LogP contribution >= 0.6 is 0 Å². The summed E-state index contributed by atoms with van der Waals surface area (Å²) in [4.78, 5) is 15.4. The predicted molar refractivity (Wildman–Crippen MR) is 90.7 cm³/mol. The fourth-order valence-electron chi connectivity index (χ4n) is 4.17. The molecule has 0 bridgehead atoms. The zero-order valence-corrected chi connectivity index (χ0v) is 14.3. The molecule has 1 aliphatic heterocycles. The van der Waals surface area contributed by atoms with E-state index < -0.39 is 0 Å². The molecule has 1 saturated heterocycles. The summed E-state index contributed by atoms with van der Waals surface area (Å²) in [6.45, 7) is 2.92. The molecule has 2 aliphatic rings. The zero-order valence-electron chi connectivity index (χ0n) is 14.3. The summed E-state index contributed by atoms with van der Waals surface area (Å²) in [5.74, 6) is 2.14. The maximum atomic E-state index is 13.3. The van der Waals surface area contributed by atoms with Crippen LogP contribution in [0.3, 0.4) is 0 Å². The van der Waals surface area contributed by atoms with Gasteiger partial charge in [0.1, 0.15) is 11.5 Å². The summed E-state index contributed by atoms with van der Waals surface area (Å²) < 4.78 is 5.98. The van der Waals surface area contributed by atoms with E-state index in [4.69, 9.17) is 4.42 Å². The lowest BCUT2D eigenvalue weighted by molar-refractivity contribution is -0.137. The van der Waals surface area contributed by atoms with Gasteiger partial charge in [0.25, 0.3) is 0 Å². The van der Waals surface area contributed by atoms with Crippen LogP contribution in [0.4, 0.5) is 0 Å². The van der Waals surface area contributed by atoms with Crippen LogP contribution in [0.25, 0.3) is 0 Å². The number of hydrogen-bond donors (Lipinski definition) is 1. The van der Waals surface area contributed by atoms with Crippen molar-refractivity contribution in [2.24, 2.45) is 0 Å². The van der Waals surface area contributed by atoms with Gasteiger partial charge in [-0.25, -0.2) is 0 Å². The van der Waals surface area contributed by atoms with Gasteiger partial charge in [0.05, 0.1) is 18.2 Å². The van der Waals surface area contributed by atoms with Crippen LogP contribution in [0, 0.1) is 0 Å². The predicted octanol–water partition coefficient (Wildman–Crippen LogP) is 3.74. The largest absolute Gasteiger partial charge is 0.464 e. The van der Waals surface area contributed by atoms with Gasteiger partial charge in [-0.15, -0.1) is 0 Å². The molecule has 0 radical (unpaired) electrons. The molecule has 2 atom stereocenters. The normalized spacial score (nSPS) is 24.0. The number of amides is 1. The molecule has 2 aromatic rings. The lowest BCUT2D eigenvalue weighted by atomic mass is 9.85. The molecule has 3 heterocycles. The molecule has 1 N–H and O–H groups in total. The van der Waals surface area contributed by atoms with E-state index in [1.54, 1.807) is 0 Å². The number of piperidine rings is 1. The van der Waals surface area contributed by atoms with E-state index in [1.165, 1.54) is 0 Å². The van der Waals surface area contributed by atoms with Gasteiger partial charge in [-0.3, -0.25) is 9.89 Å². The number of carbonyl (C=O) groups excluding carboxylic acids is 1. The lowest BCUT2D eigenvalue weighted by Gasteiger charge is -2.37. The Morgan fingerprint density at radius 2 is 2.25 bits per heavy atom. The first-order chi connectivity index (χ1) is 11.8. The first kappa shape index (κ1) is 15.5. The Balaban J connectivity index is 1.60. The zero-order chi connectivity index (χ0) is 16.5. The van der Waals surface area contributed by atoms with E-state index in [-0.39, 0.29) is 17.9 Å². The Morgan fingerprint density at radius 3 is 3.08 bits per heavy atom. The third-order valence-corrected chi connectivity index (χ3v) is 5.49. The third kappa shape index (κ3) is 2.66. The number of carbonyl (C=O) groups is 1. The van der Waals surface area contributed by atoms with Crippen LogP contribution in [0.5, 0.6) is 0 Å². The monoisotopic (exact) mass is 327 g/mol. The molecule has 0 aromatic carbocycles. The first-order valence-electron chi connectivity index (χ1n) is 9.19. The highest BCUT2D eigenvalue weighted by molar-refractivity contribution is 5.84. The molecule has 128 valence electrons. The maximum Gasteiger partial charge on any atom is 0.230 e. The minimum atomic E-state index is -0.0475. The van der Waals surface area contributed by atoms with Crippen LogP contribution in [-0.4, -0.2) is 27.5 Å². The quantitative estimate of drug-likeness (QED) is 0.934. The van der Waals surface area contributed by atoms with E-state index in [2.05, 4.69) is 28.1 Å². The molecule has 5 nitrogen and oxygen atoms in total. The minimum Gasteiger partial charge on any atom is -0.464 e. The maximum absolute atomic E-state index is 13.3. The van der Waals surface area contributed by atoms with Gasteiger partial charge < -0.3 is 9.32 Å². The average Bonchev–Trinajstić information content (AvgIpc) is 3.29. The molecular formula is C19H25N3O2. The van der Waals surface area contributed by atoms with Crippen LogP contribution in [0.2, 0.25) is 0 Å². The second-order valence-electron chi connectivity index (χ2n) is 6.95. The number of furan rings is 1. The number of aromatic amines is 1. The first-order valence-corrected chi connectivity index (χ1v) is 9.19. The molecule has 1 aliphatic carbocycles. The molecule has 0 spiro atoms. The summed E-state index contributed by atoms with van der Waals surface area (Å²) >= 11 is 0. The van der Waals surface area contributed by atoms with Crippen molar-refractivity contribution in [2.75, 3.05) is 6.54 Å². The van der Waals surface area contributed by atoms with Crippen molar-refractivity contribution in [2.45, 2.75) is 63.8 Å². The van der Waals surface area contributed by atoms with Gasteiger partial charge in [0, 0.05) is 24.2 Å². The van der Waals surface area contributed by atoms with Crippen molar-refractivity contribution in [3.8, 4) is 0 Å². The second-order valence-corrected chi connectivity index (χ2v) is 6.95. The van der Waals surface area contributed by atoms with Gasteiger partial charge >= 0.3 is 0 Å². The Labute approximate surface area is 142 Å². The molecule has 1 amide bonds. The van der Waals surface area contributed by atoms with Crippen LogP contribution < -0.4 is 0 Å². The average molecular weight is 327 g/mol. The number of nitrogens with zero attached hydrogens (tertiary/aromatic N) is 2. The number of aromatic nitrogens is 2.